The average molecular weight is 340 g/mol. The van der Waals surface area contributed by atoms with E-state index in [0.717, 1.165) is 25.1 Å². The fraction of sp³-hybridized carbons (Fsp3) is 0.429. The first kappa shape index (κ1) is 16.8. The van der Waals surface area contributed by atoms with Gasteiger partial charge in [0.25, 0.3) is 0 Å². The van der Waals surface area contributed by atoms with Crippen LogP contribution in [0.1, 0.15) is 19.8 Å². The normalized spacial score (nSPS) is 21.0. The Bertz CT molecular complexity index is 621. The van der Waals surface area contributed by atoms with Crippen LogP contribution in [-0.4, -0.2) is 33.7 Å². The summed E-state index contributed by atoms with van der Waals surface area (Å²) >= 11 is 1.35. The van der Waals surface area contributed by atoms with Gasteiger partial charge in [-0.3, -0.25) is 9.78 Å². The molecule has 0 unspecified atom stereocenters. The maximum absolute atomic E-state index is 12.2. The minimum absolute atomic E-state index is 0. The third kappa shape index (κ3) is 4.00. The molecular weight excluding hydrogens is 322 g/mol. The summed E-state index contributed by atoms with van der Waals surface area (Å²) in [6, 6.07) is 6.01. The molecule has 0 radical (unpaired) electrons. The second kappa shape index (κ2) is 7.62. The van der Waals surface area contributed by atoms with Gasteiger partial charge in [-0.1, -0.05) is 17.4 Å². The van der Waals surface area contributed by atoms with Crippen molar-refractivity contribution in [2.45, 2.75) is 25.8 Å². The second-order valence-corrected chi connectivity index (χ2v) is 6.17. The lowest BCUT2D eigenvalue weighted by atomic mass is 9.93. The zero-order valence-corrected chi connectivity index (χ0v) is 13.8. The summed E-state index contributed by atoms with van der Waals surface area (Å²) in [5.74, 6) is 0.0792. The average Bonchev–Trinajstić information content (AvgIpc) is 2.97. The van der Waals surface area contributed by atoms with E-state index in [9.17, 15) is 4.79 Å². The molecular formula is C14H18ClN5OS. The van der Waals surface area contributed by atoms with Crippen molar-refractivity contribution in [3.8, 4) is 10.7 Å². The molecule has 3 heterocycles. The van der Waals surface area contributed by atoms with Crippen molar-refractivity contribution >= 4 is 34.8 Å². The van der Waals surface area contributed by atoms with E-state index in [0.29, 0.717) is 16.2 Å². The standard InChI is InChI=1S/C14H17N5OS.ClH/c1-9-8-10(5-7-15-9)12(20)17-14-19-18-13(21-14)11-4-2-3-6-16-11;/h2-4,6,9-10,15H,5,7-8H2,1H3,(H,17,19,20);1H/t9-,10-;/m0./s1. The van der Waals surface area contributed by atoms with E-state index in [1.807, 2.05) is 18.2 Å². The molecule has 2 atom stereocenters. The Labute approximate surface area is 139 Å². The number of anilines is 1. The number of carbonyl (C=O) groups excluding carboxylic acids is 1. The van der Waals surface area contributed by atoms with Gasteiger partial charge in [0.2, 0.25) is 11.0 Å². The number of aromatic nitrogens is 3. The zero-order valence-electron chi connectivity index (χ0n) is 12.2. The lowest BCUT2D eigenvalue weighted by Gasteiger charge is -2.26. The molecule has 118 valence electrons. The quantitative estimate of drug-likeness (QED) is 0.897. The van der Waals surface area contributed by atoms with Gasteiger partial charge in [0.05, 0.1) is 0 Å². The number of halogens is 1. The largest absolute Gasteiger partial charge is 0.314 e. The van der Waals surface area contributed by atoms with Crippen LogP contribution in [0.2, 0.25) is 0 Å². The number of hydrogen-bond acceptors (Lipinski definition) is 6. The Kier molecular flexibility index (Phi) is 5.82. The van der Waals surface area contributed by atoms with Crippen LogP contribution in [-0.2, 0) is 4.79 Å². The molecule has 2 aromatic heterocycles. The van der Waals surface area contributed by atoms with E-state index in [2.05, 4.69) is 32.7 Å². The summed E-state index contributed by atoms with van der Waals surface area (Å²) in [5.41, 5.74) is 0.769. The Morgan fingerprint density at radius 1 is 1.41 bits per heavy atom. The summed E-state index contributed by atoms with van der Waals surface area (Å²) in [5, 5.41) is 15.6. The topological polar surface area (TPSA) is 79.8 Å². The van der Waals surface area contributed by atoms with Gasteiger partial charge in [0.15, 0.2) is 5.01 Å². The summed E-state index contributed by atoms with van der Waals surface area (Å²) < 4.78 is 0. The molecule has 1 aliphatic rings. The van der Waals surface area contributed by atoms with Gasteiger partial charge < -0.3 is 10.6 Å². The molecule has 1 saturated heterocycles. The van der Waals surface area contributed by atoms with Crippen molar-refractivity contribution in [3.63, 3.8) is 0 Å². The summed E-state index contributed by atoms with van der Waals surface area (Å²) in [6.45, 7) is 2.98. The van der Waals surface area contributed by atoms with Crippen molar-refractivity contribution in [2.75, 3.05) is 11.9 Å². The van der Waals surface area contributed by atoms with Crippen LogP contribution >= 0.6 is 23.7 Å². The molecule has 1 amide bonds. The van der Waals surface area contributed by atoms with E-state index in [4.69, 9.17) is 0 Å². The highest BCUT2D eigenvalue weighted by molar-refractivity contribution is 7.18. The molecule has 2 aromatic rings. The van der Waals surface area contributed by atoms with Gasteiger partial charge in [-0.25, -0.2) is 0 Å². The first-order chi connectivity index (χ1) is 10.2. The Morgan fingerprint density at radius 3 is 3.00 bits per heavy atom. The highest BCUT2D eigenvalue weighted by Gasteiger charge is 2.25. The minimum Gasteiger partial charge on any atom is -0.314 e. The molecule has 6 nitrogen and oxygen atoms in total. The summed E-state index contributed by atoms with van der Waals surface area (Å²) in [7, 11) is 0. The summed E-state index contributed by atoms with van der Waals surface area (Å²) in [4.78, 5) is 16.5. The number of amides is 1. The lowest BCUT2D eigenvalue weighted by molar-refractivity contribution is -0.120. The molecule has 22 heavy (non-hydrogen) atoms. The van der Waals surface area contributed by atoms with E-state index in [1.54, 1.807) is 6.20 Å². The molecule has 0 saturated carbocycles. The second-order valence-electron chi connectivity index (χ2n) is 5.19. The SMILES string of the molecule is C[C@H]1C[C@@H](C(=O)Nc2nnc(-c3ccccn3)s2)CCN1.Cl. The number of pyridine rings is 1. The van der Waals surface area contributed by atoms with Crippen LogP contribution < -0.4 is 10.6 Å². The number of rotatable bonds is 3. The van der Waals surface area contributed by atoms with Crippen LogP contribution in [0.4, 0.5) is 5.13 Å². The van der Waals surface area contributed by atoms with Gasteiger partial charge in [-0.15, -0.1) is 22.6 Å². The van der Waals surface area contributed by atoms with Crippen LogP contribution in [0.25, 0.3) is 10.7 Å². The number of hydrogen-bond donors (Lipinski definition) is 2. The van der Waals surface area contributed by atoms with Crippen molar-refractivity contribution in [3.05, 3.63) is 24.4 Å². The number of carbonyl (C=O) groups is 1. The molecule has 8 heteroatoms. The van der Waals surface area contributed by atoms with E-state index >= 15 is 0 Å². The molecule has 1 aliphatic heterocycles. The van der Waals surface area contributed by atoms with Crippen molar-refractivity contribution < 1.29 is 4.79 Å². The predicted octanol–water partition coefficient (Wildman–Crippen LogP) is 2.35. The van der Waals surface area contributed by atoms with Gasteiger partial charge in [0, 0.05) is 18.2 Å². The maximum atomic E-state index is 12.2. The third-order valence-electron chi connectivity index (χ3n) is 3.53. The zero-order chi connectivity index (χ0) is 14.7. The first-order valence-corrected chi connectivity index (χ1v) is 7.83. The molecule has 2 N–H and O–H groups in total. The molecule has 0 spiro atoms. The van der Waals surface area contributed by atoms with Crippen molar-refractivity contribution in [1.29, 1.82) is 0 Å². The van der Waals surface area contributed by atoms with E-state index in [1.165, 1.54) is 11.3 Å². The fourth-order valence-electron chi connectivity index (χ4n) is 2.44. The van der Waals surface area contributed by atoms with Crippen LogP contribution in [0, 0.1) is 5.92 Å². The Hall–Kier alpha value is -1.57. The summed E-state index contributed by atoms with van der Waals surface area (Å²) in [6.07, 6.45) is 3.44. The van der Waals surface area contributed by atoms with Crippen LogP contribution in [0.15, 0.2) is 24.4 Å². The number of piperidine rings is 1. The molecule has 0 bridgehead atoms. The third-order valence-corrected chi connectivity index (χ3v) is 4.39. The lowest BCUT2D eigenvalue weighted by Crippen LogP contribution is -2.40. The molecule has 3 rings (SSSR count). The molecule has 0 aromatic carbocycles. The van der Waals surface area contributed by atoms with Crippen LogP contribution in [0.3, 0.4) is 0 Å². The maximum Gasteiger partial charge on any atom is 0.229 e. The minimum atomic E-state index is 0. The van der Waals surface area contributed by atoms with Crippen molar-refractivity contribution in [2.24, 2.45) is 5.92 Å². The number of nitrogens with one attached hydrogen (secondary N) is 2. The van der Waals surface area contributed by atoms with Gasteiger partial charge in [-0.2, -0.15) is 0 Å². The molecule has 1 fully saturated rings. The Balaban J connectivity index is 0.00000176. The Morgan fingerprint density at radius 2 is 2.27 bits per heavy atom. The first-order valence-electron chi connectivity index (χ1n) is 7.01. The van der Waals surface area contributed by atoms with Crippen molar-refractivity contribution in [1.82, 2.24) is 20.5 Å². The highest BCUT2D eigenvalue weighted by atomic mass is 35.5. The fourth-order valence-corrected chi connectivity index (χ4v) is 3.17. The van der Waals surface area contributed by atoms with Gasteiger partial charge in [0.1, 0.15) is 5.69 Å². The monoisotopic (exact) mass is 339 g/mol. The van der Waals surface area contributed by atoms with Crippen LogP contribution in [0.5, 0.6) is 0 Å². The highest BCUT2D eigenvalue weighted by Crippen LogP contribution is 2.25. The van der Waals surface area contributed by atoms with Gasteiger partial charge in [-0.05, 0) is 38.4 Å². The van der Waals surface area contributed by atoms with E-state index in [-0.39, 0.29) is 24.2 Å². The number of nitrogens with zero attached hydrogens (tertiary/aromatic N) is 3. The smallest absolute Gasteiger partial charge is 0.229 e. The van der Waals surface area contributed by atoms with E-state index < -0.39 is 0 Å². The van der Waals surface area contributed by atoms with Gasteiger partial charge >= 0.3 is 0 Å². The molecule has 0 aliphatic carbocycles. The predicted molar refractivity (Wildman–Crippen MR) is 89.2 cm³/mol.